The number of esters is 1. The molecule has 4 aliphatic rings. The molecule has 2 unspecified atom stereocenters. The summed E-state index contributed by atoms with van der Waals surface area (Å²) in [5.74, 6) is -3.73. The zero-order chi connectivity index (χ0) is 27.4. The first-order valence-electron chi connectivity index (χ1n) is 12.4. The van der Waals surface area contributed by atoms with Crippen LogP contribution >= 0.6 is 0 Å². The van der Waals surface area contributed by atoms with Crippen molar-refractivity contribution in [3.8, 4) is 0 Å². The summed E-state index contributed by atoms with van der Waals surface area (Å²) < 4.78 is 22.8. The van der Waals surface area contributed by atoms with Crippen LogP contribution in [0.3, 0.4) is 0 Å². The van der Waals surface area contributed by atoms with Gasteiger partial charge >= 0.3 is 5.97 Å². The highest BCUT2D eigenvalue weighted by atomic mass is 19.1. The van der Waals surface area contributed by atoms with Crippen molar-refractivity contribution in [3.05, 3.63) is 33.9 Å². The van der Waals surface area contributed by atoms with Gasteiger partial charge in [0.05, 0.1) is 12.7 Å². The minimum Gasteiger partial charge on any atom is -0.447 e. The third-order valence-corrected chi connectivity index (χ3v) is 9.38. The Morgan fingerprint density at radius 2 is 1.95 bits per heavy atom. The average molecular weight is 526 g/mol. The van der Waals surface area contributed by atoms with Gasteiger partial charge < -0.3 is 24.9 Å². The van der Waals surface area contributed by atoms with Crippen LogP contribution in [0.15, 0.2) is 23.8 Å². The highest BCUT2D eigenvalue weighted by molar-refractivity contribution is 6.01. The van der Waals surface area contributed by atoms with Crippen LogP contribution in [0.4, 0.5) is 4.39 Å². The van der Waals surface area contributed by atoms with Gasteiger partial charge in [-0.05, 0) is 57.1 Å². The number of alkyl halides is 1. The summed E-state index contributed by atoms with van der Waals surface area (Å²) >= 11 is 0. The van der Waals surface area contributed by atoms with E-state index in [4.69, 9.17) is 4.74 Å². The van der Waals surface area contributed by atoms with Gasteiger partial charge in [-0.1, -0.05) is 18.6 Å². The molecule has 4 aliphatic carbocycles. The first-order valence-corrected chi connectivity index (χ1v) is 12.4. The number of hydrogen-bond acceptors (Lipinski definition) is 10. The number of carbonyl (C=O) groups excluding carboxylic acids is 3. The van der Waals surface area contributed by atoms with E-state index in [0.717, 1.165) is 0 Å². The van der Waals surface area contributed by atoms with Gasteiger partial charge in [-0.25, -0.2) is 4.39 Å². The topological polar surface area (TPSA) is 173 Å². The molecule has 0 radical (unpaired) electrons. The SMILES string of the molecule is C[C@]12C=CC(=O)C=C1CCC1C3C[C@@H](O)[C@](OC(=O)CCCO[N+](=O)[O-])(C(=O)CO)[C@@]3(C)C[C@H](O)[C@@]12F. The maximum Gasteiger partial charge on any atom is 0.306 e. The predicted molar refractivity (Wildman–Crippen MR) is 123 cm³/mol. The number of fused-ring (bicyclic) bond motifs is 5. The van der Waals surface area contributed by atoms with E-state index >= 15 is 4.39 Å². The average Bonchev–Trinajstić information content (AvgIpc) is 3.04. The largest absolute Gasteiger partial charge is 0.447 e. The lowest BCUT2D eigenvalue weighted by Crippen LogP contribution is -2.70. The van der Waals surface area contributed by atoms with E-state index in [1.54, 1.807) is 13.8 Å². The summed E-state index contributed by atoms with van der Waals surface area (Å²) in [6.07, 6.45) is 0.602. The van der Waals surface area contributed by atoms with E-state index in [1.807, 2.05) is 0 Å². The van der Waals surface area contributed by atoms with Gasteiger partial charge in [0.2, 0.25) is 11.4 Å². The molecule has 37 heavy (non-hydrogen) atoms. The number of ketones is 2. The fourth-order valence-corrected chi connectivity index (χ4v) is 7.66. The predicted octanol–water partition coefficient (Wildman–Crippen LogP) is 1.16. The van der Waals surface area contributed by atoms with Gasteiger partial charge in [0, 0.05) is 23.2 Å². The van der Waals surface area contributed by atoms with Crippen molar-refractivity contribution in [1.82, 2.24) is 0 Å². The molecule has 204 valence electrons. The monoisotopic (exact) mass is 525 g/mol. The van der Waals surface area contributed by atoms with Crippen molar-refractivity contribution < 1.29 is 48.8 Å². The molecule has 0 aromatic heterocycles. The van der Waals surface area contributed by atoms with Crippen LogP contribution in [-0.4, -0.2) is 74.6 Å². The molecule has 3 fully saturated rings. The maximum atomic E-state index is 17.2. The smallest absolute Gasteiger partial charge is 0.306 e. The third kappa shape index (κ3) is 3.75. The van der Waals surface area contributed by atoms with E-state index < -0.39 is 69.6 Å². The second-order valence-electron chi connectivity index (χ2n) is 11.0. The number of ether oxygens (including phenoxy) is 1. The zero-order valence-electron chi connectivity index (χ0n) is 20.7. The number of nitrogens with zero attached hydrogens (tertiary/aromatic N) is 1. The summed E-state index contributed by atoms with van der Waals surface area (Å²) in [4.78, 5) is 52.4. The van der Waals surface area contributed by atoms with Gasteiger partial charge in [-0.15, -0.1) is 10.1 Å². The molecule has 3 saturated carbocycles. The summed E-state index contributed by atoms with van der Waals surface area (Å²) in [6.45, 7) is 1.74. The van der Waals surface area contributed by atoms with Crippen LogP contribution in [0, 0.1) is 32.8 Å². The van der Waals surface area contributed by atoms with E-state index in [-0.39, 0.29) is 44.5 Å². The molecular formula is C25H32FNO10. The van der Waals surface area contributed by atoms with E-state index in [1.165, 1.54) is 18.2 Å². The Hall–Kier alpha value is -2.70. The van der Waals surface area contributed by atoms with Crippen molar-refractivity contribution in [2.24, 2.45) is 22.7 Å². The highest BCUT2D eigenvalue weighted by Gasteiger charge is 2.77. The van der Waals surface area contributed by atoms with Crippen LogP contribution in [-0.2, 0) is 24.0 Å². The first kappa shape index (κ1) is 27.3. The van der Waals surface area contributed by atoms with Gasteiger partial charge in [0.15, 0.2) is 11.5 Å². The van der Waals surface area contributed by atoms with E-state index in [2.05, 4.69) is 4.84 Å². The molecule has 0 spiro atoms. The lowest BCUT2D eigenvalue weighted by molar-refractivity contribution is -0.757. The molecule has 4 rings (SSSR count). The lowest BCUT2D eigenvalue weighted by Gasteiger charge is -2.62. The van der Waals surface area contributed by atoms with Gasteiger partial charge in [-0.3, -0.25) is 14.4 Å². The van der Waals surface area contributed by atoms with E-state index in [9.17, 15) is 39.8 Å². The molecule has 0 amide bonds. The summed E-state index contributed by atoms with van der Waals surface area (Å²) in [5, 5.41) is 41.7. The Morgan fingerprint density at radius 1 is 1.24 bits per heavy atom. The first-order chi connectivity index (χ1) is 17.3. The van der Waals surface area contributed by atoms with Gasteiger partial charge in [0.25, 0.3) is 5.09 Å². The number of aliphatic hydroxyl groups is 3. The Balaban J connectivity index is 1.70. The summed E-state index contributed by atoms with van der Waals surface area (Å²) in [6, 6.07) is 0. The minimum absolute atomic E-state index is 0.100. The van der Waals surface area contributed by atoms with Crippen molar-refractivity contribution in [2.75, 3.05) is 13.2 Å². The van der Waals surface area contributed by atoms with E-state index in [0.29, 0.717) is 12.0 Å². The molecule has 8 atom stereocenters. The summed E-state index contributed by atoms with van der Waals surface area (Å²) in [5.41, 5.74) is -6.60. The van der Waals surface area contributed by atoms with Crippen LogP contribution in [0.25, 0.3) is 0 Å². The van der Waals surface area contributed by atoms with Gasteiger partial charge in [0.1, 0.15) is 12.7 Å². The number of Topliss-reactive ketones (excluding diaryl/α,β-unsaturated/α-hetero) is 1. The third-order valence-electron chi connectivity index (χ3n) is 9.38. The summed E-state index contributed by atoms with van der Waals surface area (Å²) in [7, 11) is 0. The molecule has 0 aromatic rings. The van der Waals surface area contributed by atoms with Gasteiger partial charge in [-0.2, -0.15) is 0 Å². The van der Waals surface area contributed by atoms with Crippen LogP contribution in [0.5, 0.6) is 0 Å². The number of carbonyl (C=O) groups is 3. The molecule has 12 heteroatoms. The van der Waals surface area contributed by atoms with Crippen LogP contribution in [0.1, 0.15) is 52.4 Å². The molecule has 0 bridgehead atoms. The zero-order valence-corrected chi connectivity index (χ0v) is 20.7. The van der Waals surface area contributed by atoms with Crippen LogP contribution < -0.4 is 0 Å². The quantitative estimate of drug-likeness (QED) is 0.181. The molecule has 11 nitrogen and oxygen atoms in total. The van der Waals surface area contributed by atoms with Crippen molar-refractivity contribution in [2.45, 2.75) is 75.9 Å². The highest BCUT2D eigenvalue weighted by Crippen LogP contribution is 2.70. The molecule has 0 heterocycles. The fourth-order valence-electron chi connectivity index (χ4n) is 7.66. The van der Waals surface area contributed by atoms with Crippen molar-refractivity contribution >= 4 is 17.5 Å². The number of halogens is 1. The molecule has 3 N–H and O–H groups in total. The number of hydrogen-bond donors (Lipinski definition) is 3. The Kier molecular flexibility index (Phi) is 6.83. The Labute approximate surface area is 212 Å². The Morgan fingerprint density at radius 3 is 2.59 bits per heavy atom. The van der Waals surface area contributed by atoms with Crippen LogP contribution in [0.2, 0.25) is 0 Å². The fraction of sp³-hybridized carbons (Fsp3) is 0.720. The molecule has 0 saturated heterocycles. The molecular weight excluding hydrogens is 493 g/mol. The molecule has 0 aromatic carbocycles. The number of allylic oxidation sites excluding steroid dienone is 4. The second-order valence-corrected chi connectivity index (χ2v) is 11.0. The minimum atomic E-state index is -2.24. The lowest BCUT2D eigenvalue weighted by atomic mass is 9.44. The second kappa shape index (κ2) is 9.25. The maximum absolute atomic E-state index is 17.2. The Bertz CT molecular complexity index is 1080. The normalized spacial score (nSPS) is 42.2. The van der Waals surface area contributed by atoms with Crippen molar-refractivity contribution in [3.63, 3.8) is 0 Å². The molecule has 0 aliphatic heterocycles. The number of aliphatic hydroxyl groups excluding tert-OH is 3. The van der Waals surface area contributed by atoms with Crippen molar-refractivity contribution in [1.29, 1.82) is 0 Å². The standard InChI is InChI=1S/C25H32FNO10/c1-22-8-7-15(29)10-14(22)5-6-16-17-11-18(30)25(20(32)13-28,23(17,2)12-19(31)24(16,22)26)37-21(33)4-3-9-36-27(34)35/h7-8,10,16-19,28,30-31H,3-6,9,11-13H2,1-2H3/t16?,17?,18-,19+,22+,23+,24+,25+/m1/s1. The number of rotatable bonds is 8.